The number of rotatable bonds is 4. The zero-order valence-electron chi connectivity index (χ0n) is 12.5. The second kappa shape index (κ2) is 6.56. The maximum absolute atomic E-state index is 12.4. The molecule has 0 bridgehead atoms. The predicted octanol–water partition coefficient (Wildman–Crippen LogP) is 4.61. The molecule has 0 saturated carbocycles. The molecule has 0 aliphatic rings. The first-order valence-electron chi connectivity index (χ1n) is 6.74. The summed E-state index contributed by atoms with van der Waals surface area (Å²) in [4.78, 5) is 13.2. The lowest BCUT2D eigenvalue weighted by Gasteiger charge is -2.09. The van der Waals surface area contributed by atoms with E-state index in [-0.39, 0.29) is 5.43 Å². The quantitative estimate of drug-likeness (QED) is 0.688. The van der Waals surface area contributed by atoms with Crippen molar-refractivity contribution in [3.05, 3.63) is 57.7 Å². The van der Waals surface area contributed by atoms with Gasteiger partial charge >= 0.3 is 0 Å². The number of ether oxygens (including phenoxy) is 2. The van der Waals surface area contributed by atoms with E-state index in [0.29, 0.717) is 32.6 Å². The summed E-state index contributed by atoms with van der Waals surface area (Å²) in [5, 5.41) is 1.44. The van der Waals surface area contributed by atoms with Gasteiger partial charge in [-0.05, 0) is 12.1 Å². The van der Waals surface area contributed by atoms with E-state index in [2.05, 4.69) is 0 Å². The van der Waals surface area contributed by atoms with Gasteiger partial charge < -0.3 is 13.9 Å². The van der Waals surface area contributed by atoms with Crippen LogP contribution in [0.15, 0.2) is 61.7 Å². The smallest absolute Gasteiger partial charge is 0.197 e. The van der Waals surface area contributed by atoms with Gasteiger partial charge in [-0.1, -0.05) is 35.5 Å². The summed E-state index contributed by atoms with van der Waals surface area (Å²) in [5.74, 6) is 0.972. The highest BCUT2D eigenvalue weighted by Crippen LogP contribution is 2.36. The molecule has 3 aromatic rings. The average molecular weight is 349 g/mol. The van der Waals surface area contributed by atoms with E-state index in [1.165, 1.54) is 24.9 Å². The van der Waals surface area contributed by atoms with Gasteiger partial charge in [0.1, 0.15) is 22.5 Å². The van der Waals surface area contributed by atoms with Crippen molar-refractivity contribution in [2.45, 2.75) is 9.99 Å². The van der Waals surface area contributed by atoms with Crippen molar-refractivity contribution in [1.29, 1.82) is 0 Å². The summed E-state index contributed by atoms with van der Waals surface area (Å²) in [7, 11) is 3.04. The normalized spacial score (nSPS) is 10.7. The fourth-order valence-electron chi connectivity index (χ4n) is 2.17. The van der Waals surface area contributed by atoms with E-state index in [9.17, 15) is 4.79 Å². The molecule has 23 heavy (non-hydrogen) atoms. The SMILES string of the molecule is COc1cc(OC)c2c(=O)cc(Sc3ccccc3Cl)oc2c1. The molecule has 0 atom stereocenters. The Hall–Kier alpha value is -2.11. The Bertz CT molecular complexity index is 920. The molecule has 0 aliphatic heterocycles. The van der Waals surface area contributed by atoms with Crippen molar-refractivity contribution in [2.24, 2.45) is 0 Å². The van der Waals surface area contributed by atoms with Gasteiger partial charge in [0.2, 0.25) is 0 Å². The van der Waals surface area contributed by atoms with Crippen LogP contribution in [0.3, 0.4) is 0 Å². The zero-order chi connectivity index (χ0) is 16.4. The maximum Gasteiger partial charge on any atom is 0.197 e. The highest BCUT2D eigenvalue weighted by molar-refractivity contribution is 7.99. The van der Waals surface area contributed by atoms with Crippen LogP contribution in [-0.4, -0.2) is 14.2 Å². The Kier molecular flexibility index (Phi) is 4.50. The Balaban J connectivity index is 2.14. The molecule has 0 spiro atoms. The Morgan fingerprint density at radius 2 is 1.87 bits per heavy atom. The summed E-state index contributed by atoms with van der Waals surface area (Å²) in [6, 6.07) is 12.1. The molecule has 0 unspecified atom stereocenters. The molecule has 6 heteroatoms. The van der Waals surface area contributed by atoms with E-state index in [1.807, 2.05) is 18.2 Å². The molecular formula is C17H13ClO4S. The molecule has 0 fully saturated rings. The zero-order valence-corrected chi connectivity index (χ0v) is 14.0. The number of hydrogen-bond donors (Lipinski definition) is 0. The van der Waals surface area contributed by atoms with Gasteiger partial charge in [-0.2, -0.15) is 0 Å². The summed E-state index contributed by atoms with van der Waals surface area (Å²) < 4.78 is 16.3. The Morgan fingerprint density at radius 1 is 1.09 bits per heavy atom. The second-order valence-electron chi connectivity index (χ2n) is 4.66. The van der Waals surface area contributed by atoms with E-state index in [4.69, 9.17) is 25.5 Å². The Morgan fingerprint density at radius 3 is 2.57 bits per heavy atom. The monoisotopic (exact) mass is 348 g/mol. The fraction of sp³-hybridized carbons (Fsp3) is 0.118. The topological polar surface area (TPSA) is 48.7 Å². The molecule has 0 N–H and O–H groups in total. The van der Waals surface area contributed by atoms with E-state index < -0.39 is 0 Å². The molecule has 0 aliphatic carbocycles. The minimum Gasteiger partial charge on any atom is -0.496 e. The molecule has 0 radical (unpaired) electrons. The second-order valence-corrected chi connectivity index (χ2v) is 6.12. The van der Waals surface area contributed by atoms with E-state index in [0.717, 1.165) is 4.90 Å². The third kappa shape index (κ3) is 3.16. The number of hydrogen-bond acceptors (Lipinski definition) is 5. The van der Waals surface area contributed by atoms with Gasteiger partial charge in [0.15, 0.2) is 10.5 Å². The maximum atomic E-state index is 12.4. The van der Waals surface area contributed by atoms with Crippen LogP contribution in [0.1, 0.15) is 0 Å². The molecule has 118 valence electrons. The van der Waals surface area contributed by atoms with Gasteiger partial charge in [0, 0.05) is 23.1 Å². The number of benzene rings is 2. The van der Waals surface area contributed by atoms with Crippen molar-refractivity contribution in [3.63, 3.8) is 0 Å². The predicted molar refractivity (Wildman–Crippen MR) is 91.2 cm³/mol. The highest BCUT2D eigenvalue weighted by atomic mass is 35.5. The molecule has 3 rings (SSSR count). The molecule has 0 amide bonds. The first-order valence-corrected chi connectivity index (χ1v) is 7.94. The van der Waals surface area contributed by atoms with Crippen LogP contribution in [0.5, 0.6) is 11.5 Å². The van der Waals surface area contributed by atoms with Crippen molar-refractivity contribution >= 4 is 34.3 Å². The van der Waals surface area contributed by atoms with Gasteiger partial charge in [-0.25, -0.2) is 0 Å². The molecule has 1 heterocycles. The third-order valence-electron chi connectivity index (χ3n) is 3.25. The summed E-state index contributed by atoms with van der Waals surface area (Å²) in [5.41, 5.74) is 0.226. The number of halogens is 1. The van der Waals surface area contributed by atoms with Gasteiger partial charge in [0.05, 0.1) is 19.2 Å². The van der Waals surface area contributed by atoms with Gasteiger partial charge in [-0.3, -0.25) is 4.79 Å². The minimum absolute atomic E-state index is 0.180. The van der Waals surface area contributed by atoms with Crippen LogP contribution >= 0.6 is 23.4 Å². The number of methoxy groups -OCH3 is 2. The Labute approximate surface area is 142 Å². The van der Waals surface area contributed by atoms with E-state index >= 15 is 0 Å². The van der Waals surface area contributed by atoms with Crippen molar-refractivity contribution in [2.75, 3.05) is 14.2 Å². The van der Waals surface area contributed by atoms with Crippen molar-refractivity contribution < 1.29 is 13.9 Å². The first-order chi connectivity index (χ1) is 11.1. The van der Waals surface area contributed by atoms with Crippen LogP contribution in [0.2, 0.25) is 5.02 Å². The van der Waals surface area contributed by atoms with Crippen LogP contribution in [-0.2, 0) is 0 Å². The van der Waals surface area contributed by atoms with Gasteiger partial charge in [0.25, 0.3) is 0 Å². The lowest BCUT2D eigenvalue weighted by molar-refractivity contribution is 0.394. The van der Waals surface area contributed by atoms with Gasteiger partial charge in [-0.15, -0.1) is 0 Å². The molecule has 4 nitrogen and oxygen atoms in total. The lowest BCUT2D eigenvalue weighted by Crippen LogP contribution is -2.03. The van der Waals surface area contributed by atoms with Crippen LogP contribution in [0, 0.1) is 0 Å². The number of fused-ring (bicyclic) bond motifs is 1. The molecule has 1 aromatic heterocycles. The average Bonchev–Trinajstić information content (AvgIpc) is 2.55. The molecule has 2 aromatic carbocycles. The standard InChI is InChI=1S/C17H13ClO4S/c1-20-10-7-13(21-2)17-12(19)9-16(22-14(17)8-10)23-15-6-4-3-5-11(15)18/h3-9H,1-2H3. The van der Waals surface area contributed by atoms with Crippen molar-refractivity contribution in [1.82, 2.24) is 0 Å². The summed E-state index contributed by atoms with van der Waals surface area (Å²) in [6.07, 6.45) is 0. The molecule has 0 saturated heterocycles. The summed E-state index contributed by atoms with van der Waals surface area (Å²) >= 11 is 7.44. The minimum atomic E-state index is -0.180. The molecular weight excluding hydrogens is 336 g/mol. The highest BCUT2D eigenvalue weighted by Gasteiger charge is 2.14. The van der Waals surface area contributed by atoms with E-state index in [1.54, 1.807) is 25.3 Å². The van der Waals surface area contributed by atoms with Crippen molar-refractivity contribution in [3.8, 4) is 11.5 Å². The fourth-order valence-corrected chi connectivity index (χ4v) is 3.25. The first kappa shape index (κ1) is 15.8. The largest absolute Gasteiger partial charge is 0.496 e. The third-order valence-corrected chi connectivity index (χ3v) is 4.67. The van der Waals surface area contributed by atoms with Crippen LogP contribution in [0.4, 0.5) is 0 Å². The van der Waals surface area contributed by atoms with Crippen LogP contribution in [0.25, 0.3) is 11.0 Å². The lowest BCUT2D eigenvalue weighted by atomic mass is 10.2. The van der Waals surface area contributed by atoms with Crippen LogP contribution < -0.4 is 14.9 Å². The summed E-state index contributed by atoms with van der Waals surface area (Å²) in [6.45, 7) is 0.